The summed E-state index contributed by atoms with van der Waals surface area (Å²) in [5, 5.41) is 2.94. The Labute approximate surface area is 139 Å². The topological polar surface area (TPSA) is 47.6 Å². The Morgan fingerprint density at radius 2 is 1.79 bits per heavy atom. The van der Waals surface area contributed by atoms with Crippen molar-refractivity contribution in [2.45, 2.75) is 31.1 Å². The van der Waals surface area contributed by atoms with Gasteiger partial charge in [0.05, 0.1) is 5.41 Å². The summed E-state index contributed by atoms with van der Waals surface area (Å²) < 4.78 is 25.0. The van der Waals surface area contributed by atoms with E-state index in [9.17, 15) is 9.18 Å². The van der Waals surface area contributed by atoms with Crippen LogP contribution in [-0.4, -0.2) is 12.7 Å². The van der Waals surface area contributed by atoms with Gasteiger partial charge >= 0.3 is 0 Å². The van der Waals surface area contributed by atoms with E-state index in [1.165, 1.54) is 6.07 Å². The molecule has 1 aliphatic heterocycles. The van der Waals surface area contributed by atoms with Gasteiger partial charge in [-0.15, -0.1) is 0 Å². The Balaban J connectivity index is 1.65. The van der Waals surface area contributed by atoms with Crippen LogP contribution in [0, 0.1) is 5.82 Å². The normalized spacial score (nSPS) is 17.7. The second kappa shape index (κ2) is 5.82. The van der Waals surface area contributed by atoms with Crippen LogP contribution in [0.3, 0.4) is 0 Å². The average molecular weight is 327 g/mol. The lowest BCUT2D eigenvalue weighted by molar-refractivity contribution is -0.121. The summed E-state index contributed by atoms with van der Waals surface area (Å²) in [6.07, 6.45) is 3.15. The van der Waals surface area contributed by atoms with Crippen molar-refractivity contribution in [2.75, 3.05) is 12.1 Å². The first-order valence-corrected chi connectivity index (χ1v) is 8.15. The second-order valence-corrected chi connectivity index (χ2v) is 6.29. The highest BCUT2D eigenvalue weighted by atomic mass is 19.1. The molecule has 0 atom stereocenters. The van der Waals surface area contributed by atoms with Crippen LogP contribution >= 0.6 is 0 Å². The van der Waals surface area contributed by atoms with Crippen LogP contribution in [0.15, 0.2) is 42.5 Å². The van der Waals surface area contributed by atoms with Gasteiger partial charge in [0.15, 0.2) is 11.5 Å². The molecule has 0 unspecified atom stereocenters. The molecule has 2 aromatic carbocycles. The largest absolute Gasteiger partial charge is 0.454 e. The highest BCUT2D eigenvalue weighted by Gasteiger charge is 2.44. The molecule has 1 heterocycles. The van der Waals surface area contributed by atoms with Crippen molar-refractivity contribution in [3.63, 3.8) is 0 Å². The van der Waals surface area contributed by atoms with E-state index in [1.807, 2.05) is 0 Å². The van der Waals surface area contributed by atoms with E-state index in [0.717, 1.165) is 12.8 Å². The van der Waals surface area contributed by atoms with Crippen molar-refractivity contribution in [3.8, 4) is 11.5 Å². The number of carbonyl (C=O) groups is 1. The van der Waals surface area contributed by atoms with Crippen LogP contribution < -0.4 is 14.8 Å². The molecule has 2 aromatic rings. The van der Waals surface area contributed by atoms with E-state index in [2.05, 4.69) is 5.32 Å². The number of fused-ring (bicyclic) bond motifs is 1. The number of benzene rings is 2. The number of rotatable bonds is 3. The molecule has 0 aromatic heterocycles. The molecule has 1 N–H and O–H groups in total. The molecule has 1 aliphatic carbocycles. The predicted molar refractivity (Wildman–Crippen MR) is 87.7 cm³/mol. The van der Waals surface area contributed by atoms with Crippen molar-refractivity contribution >= 4 is 11.6 Å². The molecular weight excluding hydrogens is 309 g/mol. The number of anilines is 1. The third-order valence-corrected chi connectivity index (χ3v) is 4.91. The molecule has 2 aliphatic rings. The number of ether oxygens (including phenoxy) is 2. The van der Waals surface area contributed by atoms with Gasteiger partial charge in [-0.25, -0.2) is 4.39 Å². The maximum atomic E-state index is 14.3. The maximum absolute atomic E-state index is 14.3. The first-order chi connectivity index (χ1) is 11.7. The number of amides is 1. The zero-order valence-corrected chi connectivity index (χ0v) is 13.2. The Morgan fingerprint density at radius 3 is 2.58 bits per heavy atom. The fourth-order valence-electron chi connectivity index (χ4n) is 3.67. The minimum atomic E-state index is -0.804. The fraction of sp³-hybridized carbons (Fsp3) is 0.316. The summed E-state index contributed by atoms with van der Waals surface area (Å²) >= 11 is 0. The zero-order chi connectivity index (χ0) is 16.6. The van der Waals surface area contributed by atoms with Crippen molar-refractivity contribution in [1.82, 2.24) is 0 Å². The minimum absolute atomic E-state index is 0.163. The van der Waals surface area contributed by atoms with Gasteiger partial charge < -0.3 is 14.8 Å². The van der Waals surface area contributed by atoms with Gasteiger partial charge in [-0.1, -0.05) is 31.0 Å². The molecule has 0 bridgehead atoms. The van der Waals surface area contributed by atoms with Gasteiger partial charge in [0.1, 0.15) is 5.82 Å². The van der Waals surface area contributed by atoms with Crippen molar-refractivity contribution in [3.05, 3.63) is 53.8 Å². The molecule has 0 saturated heterocycles. The van der Waals surface area contributed by atoms with Crippen LogP contribution in [0.5, 0.6) is 11.5 Å². The second-order valence-electron chi connectivity index (χ2n) is 6.29. The Kier molecular flexibility index (Phi) is 3.63. The van der Waals surface area contributed by atoms with Crippen LogP contribution in [-0.2, 0) is 10.2 Å². The highest BCUT2D eigenvalue weighted by molar-refractivity contribution is 5.99. The van der Waals surface area contributed by atoms with E-state index < -0.39 is 5.41 Å². The van der Waals surface area contributed by atoms with Crippen molar-refractivity contribution in [2.24, 2.45) is 0 Å². The summed E-state index contributed by atoms with van der Waals surface area (Å²) in [7, 11) is 0. The van der Waals surface area contributed by atoms with E-state index >= 15 is 0 Å². The lowest BCUT2D eigenvalue weighted by Gasteiger charge is -2.28. The molecule has 5 heteroatoms. The summed E-state index contributed by atoms with van der Waals surface area (Å²) in [6.45, 7) is 0.186. The average Bonchev–Trinajstić information content (AvgIpc) is 3.24. The molecule has 1 amide bonds. The Morgan fingerprint density at radius 1 is 1.04 bits per heavy atom. The standard InChI is InChI=1S/C19H18FNO3/c20-15-6-2-1-5-14(15)19(9-3-4-10-19)18(22)21-13-7-8-16-17(11-13)24-12-23-16/h1-2,5-8,11H,3-4,9-10,12H2,(H,21,22). The van der Waals surface area contributed by atoms with Gasteiger partial charge in [0.2, 0.25) is 12.7 Å². The van der Waals surface area contributed by atoms with Gasteiger partial charge in [-0.05, 0) is 31.0 Å². The molecule has 0 spiro atoms. The SMILES string of the molecule is O=C(Nc1ccc2c(c1)OCO2)C1(c2ccccc2F)CCCC1. The zero-order valence-electron chi connectivity index (χ0n) is 13.2. The van der Waals surface area contributed by atoms with Crippen molar-refractivity contribution in [1.29, 1.82) is 0 Å². The first-order valence-electron chi connectivity index (χ1n) is 8.15. The Bertz CT molecular complexity index is 784. The summed E-state index contributed by atoms with van der Waals surface area (Å²) in [4.78, 5) is 13.0. The molecule has 124 valence electrons. The van der Waals surface area contributed by atoms with Crippen molar-refractivity contribution < 1.29 is 18.7 Å². The number of hydrogen-bond acceptors (Lipinski definition) is 3. The van der Waals surface area contributed by atoms with E-state index in [0.29, 0.717) is 35.6 Å². The summed E-state index contributed by atoms with van der Waals surface area (Å²) in [6, 6.07) is 11.9. The quantitative estimate of drug-likeness (QED) is 0.927. The van der Waals surface area contributed by atoms with E-state index in [4.69, 9.17) is 9.47 Å². The van der Waals surface area contributed by atoms with Gasteiger partial charge in [0, 0.05) is 17.3 Å². The van der Waals surface area contributed by atoms with E-state index in [1.54, 1.807) is 36.4 Å². The van der Waals surface area contributed by atoms with Crippen LogP contribution in [0.4, 0.5) is 10.1 Å². The summed E-state index contributed by atoms with van der Waals surface area (Å²) in [5.74, 6) is 0.793. The van der Waals surface area contributed by atoms with Gasteiger partial charge in [0.25, 0.3) is 0 Å². The molecule has 24 heavy (non-hydrogen) atoms. The number of carbonyl (C=O) groups excluding carboxylic acids is 1. The number of halogens is 1. The molecular formula is C19H18FNO3. The van der Waals surface area contributed by atoms with Gasteiger partial charge in [-0.2, -0.15) is 0 Å². The van der Waals surface area contributed by atoms with Gasteiger partial charge in [-0.3, -0.25) is 4.79 Å². The number of hydrogen-bond donors (Lipinski definition) is 1. The monoisotopic (exact) mass is 327 g/mol. The highest BCUT2D eigenvalue weighted by Crippen LogP contribution is 2.43. The predicted octanol–water partition coefficient (Wildman–Crippen LogP) is 4.00. The molecule has 1 saturated carbocycles. The fourth-order valence-corrected chi connectivity index (χ4v) is 3.67. The lowest BCUT2D eigenvalue weighted by Crippen LogP contribution is -2.38. The molecule has 0 radical (unpaired) electrons. The third-order valence-electron chi connectivity index (χ3n) is 4.91. The van der Waals surface area contributed by atoms with E-state index in [-0.39, 0.29) is 18.5 Å². The van der Waals surface area contributed by atoms with Crippen LogP contribution in [0.1, 0.15) is 31.2 Å². The minimum Gasteiger partial charge on any atom is -0.454 e. The molecule has 4 rings (SSSR count). The third kappa shape index (κ3) is 2.40. The first kappa shape index (κ1) is 15.0. The smallest absolute Gasteiger partial charge is 0.235 e. The molecule has 1 fully saturated rings. The van der Waals surface area contributed by atoms with Crippen LogP contribution in [0.2, 0.25) is 0 Å². The Hall–Kier alpha value is -2.56. The summed E-state index contributed by atoms with van der Waals surface area (Å²) in [5.41, 5.74) is 0.314. The maximum Gasteiger partial charge on any atom is 0.235 e. The molecule has 4 nitrogen and oxygen atoms in total. The van der Waals surface area contributed by atoms with Crippen LogP contribution in [0.25, 0.3) is 0 Å². The number of nitrogens with one attached hydrogen (secondary N) is 1. The lowest BCUT2D eigenvalue weighted by atomic mass is 9.77.